The highest BCUT2D eigenvalue weighted by Gasteiger charge is 2.06. The van der Waals surface area contributed by atoms with E-state index >= 15 is 0 Å². The lowest BCUT2D eigenvalue weighted by atomic mass is 10.1. The van der Waals surface area contributed by atoms with Crippen molar-refractivity contribution in [2.24, 2.45) is 5.16 Å². The fraction of sp³-hybridized carbons (Fsp3) is 0.150. The maximum Gasteiger partial charge on any atom is 0.251 e. The second-order valence-electron chi connectivity index (χ2n) is 5.49. The van der Waals surface area contributed by atoms with E-state index in [1.54, 1.807) is 18.5 Å². The van der Waals surface area contributed by atoms with Gasteiger partial charge in [0.25, 0.3) is 5.91 Å². The van der Waals surface area contributed by atoms with Crippen LogP contribution in [-0.2, 0) is 11.4 Å². The zero-order valence-corrected chi connectivity index (χ0v) is 14.0. The molecule has 1 heterocycles. The molecule has 1 N–H and O–H groups in total. The van der Waals surface area contributed by atoms with Crippen LogP contribution in [0.25, 0.3) is 10.9 Å². The van der Waals surface area contributed by atoms with Gasteiger partial charge in [0.15, 0.2) is 0 Å². The number of carbonyl (C=O) groups is 1. The predicted molar refractivity (Wildman–Crippen MR) is 98.6 cm³/mol. The van der Waals surface area contributed by atoms with Crippen LogP contribution in [0.3, 0.4) is 0 Å². The summed E-state index contributed by atoms with van der Waals surface area (Å²) < 4.78 is 0. The zero-order valence-electron chi connectivity index (χ0n) is 14.0. The maximum absolute atomic E-state index is 12.4. The first-order chi connectivity index (χ1) is 12.3. The van der Waals surface area contributed by atoms with Crippen molar-refractivity contribution in [3.05, 3.63) is 77.5 Å². The summed E-state index contributed by atoms with van der Waals surface area (Å²) >= 11 is 0. The van der Waals surface area contributed by atoms with Crippen LogP contribution in [-0.4, -0.2) is 23.7 Å². The molecule has 3 rings (SSSR count). The molecule has 0 saturated heterocycles. The van der Waals surface area contributed by atoms with Crippen LogP contribution in [0.2, 0.25) is 0 Å². The van der Waals surface area contributed by atoms with E-state index in [0.29, 0.717) is 18.7 Å². The van der Waals surface area contributed by atoms with Gasteiger partial charge in [-0.25, -0.2) is 0 Å². The fourth-order valence-corrected chi connectivity index (χ4v) is 2.46. The predicted octanol–water partition coefficient (Wildman–Crippen LogP) is 3.54. The maximum atomic E-state index is 12.4. The number of fused-ring (bicyclic) bond motifs is 1. The summed E-state index contributed by atoms with van der Waals surface area (Å²) in [6.07, 6.45) is 3.40. The van der Waals surface area contributed by atoms with Crippen LogP contribution in [0.1, 0.15) is 28.4 Å². The van der Waals surface area contributed by atoms with E-state index in [9.17, 15) is 4.79 Å². The van der Waals surface area contributed by atoms with Crippen LogP contribution >= 0.6 is 0 Å². The summed E-state index contributed by atoms with van der Waals surface area (Å²) in [6.45, 7) is 2.86. The summed E-state index contributed by atoms with van der Waals surface area (Å²) in [4.78, 5) is 21.6. The van der Waals surface area contributed by atoms with Gasteiger partial charge in [0.1, 0.15) is 6.61 Å². The molecule has 0 aliphatic rings. The second kappa shape index (κ2) is 8.06. The molecule has 0 aliphatic heterocycles. The molecule has 0 fully saturated rings. The standard InChI is InChI=1S/C20H19N3O2/c1-2-25-23-14-16-6-3-5-15(11-16)13-22-20(24)18-8-9-19-17(12-18)7-4-10-21-19/h3-12,14H,2,13H2,1H3,(H,22,24). The van der Waals surface area contributed by atoms with Gasteiger partial charge in [0.2, 0.25) is 0 Å². The number of carbonyl (C=O) groups excluding carboxylic acids is 1. The minimum Gasteiger partial charge on any atom is -0.396 e. The lowest BCUT2D eigenvalue weighted by Gasteiger charge is -2.07. The average Bonchev–Trinajstić information content (AvgIpc) is 2.66. The Hall–Kier alpha value is -3.21. The average molecular weight is 333 g/mol. The molecule has 3 aromatic rings. The highest BCUT2D eigenvalue weighted by atomic mass is 16.6. The van der Waals surface area contributed by atoms with Gasteiger partial charge in [-0.2, -0.15) is 0 Å². The lowest BCUT2D eigenvalue weighted by molar-refractivity contribution is 0.0951. The first kappa shape index (κ1) is 16.6. The van der Waals surface area contributed by atoms with Crippen molar-refractivity contribution < 1.29 is 9.63 Å². The number of oxime groups is 1. The highest BCUT2D eigenvalue weighted by molar-refractivity contribution is 5.97. The molecule has 25 heavy (non-hydrogen) atoms. The second-order valence-corrected chi connectivity index (χ2v) is 5.49. The van der Waals surface area contributed by atoms with Gasteiger partial charge in [-0.3, -0.25) is 9.78 Å². The van der Waals surface area contributed by atoms with Crippen molar-refractivity contribution in [2.75, 3.05) is 6.61 Å². The Kier molecular flexibility index (Phi) is 5.36. The molecule has 0 atom stereocenters. The number of hydrogen-bond donors (Lipinski definition) is 1. The molecule has 1 amide bonds. The van der Waals surface area contributed by atoms with Crippen molar-refractivity contribution >= 4 is 23.0 Å². The summed E-state index contributed by atoms with van der Waals surface area (Å²) in [5.41, 5.74) is 3.42. The molecular weight excluding hydrogens is 314 g/mol. The molecule has 1 aromatic heterocycles. The Morgan fingerprint density at radius 1 is 1.20 bits per heavy atom. The van der Waals surface area contributed by atoms with E-state index in [-0.39, 0.29) is 5.91 Å². The van der Waals surface area contributed by atoms with Gasteiger partial charge >= 0.3 is 0 Å². The third-order valence-corrected chi connectivity index (χ3v) is 3.67. The van der Waals surface area contributed by atoms with Gasteiger partial charge in [0, 0.05) is 23.7 Å². The minimum absolute atomic E-state index is 0.112. The van der Waals surface area contributed by atoms with Crippen LogP contribution in [0.4, 0.5) is 0 Å². The number of benzene rings is 2. The monoisotopic (exact) mass is 333 g/mol. The third-order valence-electron chi connectivity index (χ3n) is 3.67. The number of pyridine rings is 1. The van der Waals surface area contributed by atoms with Crippen molar-refractivity contribution in [1.82, 2.24) is 10.3 Å². The number of nitrogens with one attached hydrogen (secondary N) is 1. The van der Waals surface area contributed by atoms with E-state index in [2.05, 4.69) is 15.5 Å². The van der Waals surface area contributed by atoms with Crippen molar-refractivity contribution in [2.45, 2.75) is 13.5 Å². The van der Waals surface area contributed by atoms with Gasteiger partial charge < -0.3 is 10.2 Å². The van der Waals surface area contributed by atoms with Gasteiger partial charge in [-0.05, 0) is 48.4 Å². The van der Waals surface area contributed by atoms with E-state index in [1.807, 2.05) is 55.5 Å². The number of amides is 1. The van der Waals surface area contributed by atoms with Crippen molar-refractivity contribution in [3.8, 4) is 0 Å². The molecule has 0 aliphatic carbocycles. The topological polar surface area (TPSA) is 63.6 Å². The summed E-state index contributed by atoms with van der Waals surface area (Å²) in [5.74, 6) is -0.112. The van der Waals surface area contributed by atoms with Gasteiger partial charge in [-0.1, -0.05) is 29.4 Å². The largest absolute Gasteiger partial charge is 0.396 e. The zero-order chi connectivity index (χ0) is 17.5. The molecular formula is C20H19N3O2. The molecule has 0 spiro atoms. The van der Waals surface area contributed by atoms with Crippen LogP contribution in [0.15, 0.2) is 65.9 Å². The number of nitrogens with zero attached hydrogens (tertiary/aromatic N) is 2. The molecule has 0 bridgehead atoms. The Morgan fingerprint density at radius 2 is 2.12 bits per heavy atom. The Bertz CT molecular complexity index is 906. The molecule has 126 valence electrons. The van der Waals surface area contributed by atoms with E-state index in [4.69, 9.17) is 4.84 Å². The number of hydrogen-bond acceptors (Lipinski definition) is 4. The fourth-order valence-electron chi connectivity index (χ4n) is 2.46. The SMILES string of the molecule is CCON=Cc1cccc(CNC(=O)c2ccc3ncccc3c2)c1. The molecule has 0 radical (unpaired) electrons. The van der Waals surface area contributed by atoms with E-state index in [1.165, 1.54) is 0 Å². The molecule has 5 nitrogen and oxygen atoms in total. The Morgan fingerprint density at radius 3 is 3.00 bits per heavy atom. The van der Waals surface area contributed by atoms with Crippen LogP contribution < -0.4 is 5.32 Å². The Balaban J connectivity index is 1.66. The first-order valence-corrected chi connectivity index (χ1v) is 8.13. The molecule has 0 saturated carbocycles. The number of rotatable bonds is 6. The van der Waals surface area contributed by atoms with Gasteiger partial charge in [-0.15, -0.1) is 0 Å². The quantitative estimate of drug-likeness (QED) is 0.554. The summed E-state index contributed by atoms with van der Waals surface area (Å²) in [6, 6.07) is 17.1. The van der Waals surface area contributed by atoms with E-state index < -0.39 is 0 Å². The van der Waals surface area contributed by atoms with Crippen LogP contribution in [0.5, 0.6) is 0 Å². The lowest BCUT2D eigenvalue weighted by Crippen LogP contribution is -2.22. The minimum atomic E-state index is -0.112. The third kappa shape index (κ3) is 4.41. The summed E-state index contributed by atoms with van der Waals surface area (Å²) in [7, 11) is 0. The van der Waals surface area contributed by atoms with Crippen molar-refractivity contribution in [1.29, 1.82) is 0 Å². The smallest absolute Gasteiger partial charge is 0.251 e. The van der Waals surface area contributed by atoms with E-state index in [0.717, 1.165) is 22.0 Å². The highest BCUT2D eigenvalue weighted by Crippen LogP contribution is 2.13. The molecule has 0 unspecified atom stereocenters. The molecule has 2 aromatic carbocycles. The van der Waals surface area contributed by atoms with Crippen LogP contribution in [0, 0.1) is 0 Å². The summed E-state index contributed by atoms with van der Waals surface area (Å²) in [5, 5.41) is 7.74. The van der Waals surface area contributed by atoms with Crippen molar-refractivity contribution in [3.63, 3.8) is 0 Å². The Labute approximate surface area is 146 Å². The first-order valence-electron chi connectivity index (χ1n) is 8.13. The van der Waals surface area contributed by atoms with Gasteiger partial charge in [0.05, 0.1) is 11.7 Å². The normalized spacial score (nSPS) is 10.9. The number of aromatic nitrogens is 1. The molecule has 5 heteroatoms.